The number of benzene rings is 1. The summed E-state index contributed by atoms with van der Waals surface area (Å²) in [4.78, 5) is 8.48. The molecular weight excluding hydrogens is 290 g/mol. The fourth-order valence-corrected chi connectivity index (χ4v) is 2.87. The van der Waals surface area contributed by atoms with Crippen LogP contribution in [0.3, 0.4) is 0 Å². The van der Waals surface area contributed by atoms with Crippen molar-refractivity contribution in [2.24, 2.45) is 7.05 Å². The van der Waals surface area contributed by atoms with Crippen molar-refractivity contribution in [2.75, 3.05) is 6.26 Å². The molecule has 0 bridgehead atoms. The molecule has 0 radical (unpaired) electrons. The Bertz CT molecular complexity index is 945. The Hall–Kier alpha value is -2.41. The summed E-state index contributed by atoms with van der Waals surface area (Å²) in [5.74, 6) is 0.579. The maximum Gasteiger partial charge on any atom is 0.175 e. The summed E-state index contributed by atoms with van der Waals surface area (Å²) in [5.41, 5.74) is 1.89. The van der Waals surface area contributed by atoms with Gasteiger partial charge in [0.05, 0.1) is 27.7 Å². The van der Waals surface area contributed by atoms with Crippen molar-refractivity contribution in [3.8, 4) is 17.1 Å². The van der Waals surface area contributed by atoms with Crippen LogP contribution in [-0.2, 0) is 16.9 Å². The van der Waals surface area contributed by atoms with Gasteiger partial charge >= 0.3 is 0 Å². The molecule has 6 nitrogen and oxygen atoms in total. The molecule has 2 heterocycles. The maximum absolute atomic E-state index is 11.6. The van der Waals surface area contributed by atoms with Crippen LogP contribution in [0.2, 0.25) is 0 Å². The molecule has 0 atom stereocenters. The van der Waals surface area contributed by atoms with Crippen LogP contribution in [0, 0.1) is 0 Å². The predicted molar refractivity (Wildman–Crippen MR) is 78.7 cm³/mol. The number of aromatic nitrogens is 3. The SMILES string of the molecule is Cn1c(-c2ccncc2O)nc2cc(S(C)(=O)=O)ccc21. The van der Waals surface area contributed by atoms with E-state index >= 15 is 0 Å². The Balaban J connectivity index is 2.28. The van der Waals surface area contributed by atoms with E-state index in [1.807, 2.05) is 7.05 Å². The normalized spacial score (nSPS) is 11.9. The van der Waals surface area contributed by atoms with Gasteiger partial charge in [-0.05, 0) is 24.3 Å². The molecule has 0 aliphatic rings. The fourth-order valence-electron chi connectivity index (χ4n) is 2.23. The molecule has 21 heavy (non-hydrogen) atoms. The standard InChI is InChI=1S/C14H13N3O3S/c1-17-12-4-3-9(21(2,19)20)7-11(12)16-14(17)10-5-6-15-8-13(10)18/h3-8,18H,1-2H3. The molecule has 2 aromatic heterocycles. The van der Waals surface area contributed by atoms with Crippen LogP contribution >= 0.6 is 0 Å². The number of sulfone groups is 1. The lowest BCUT2D eigenvalue weighted by Crippen LogP contribution is -1.96. The highest BCUT2D eigenvalue weighted by Gasteiger charge is 2.15. The minimum absolute atomic E-state index is 0.0271. The molecule has 0 aliphatic carbocycles. The van der Waals surface area contributed by atoms with Crippen LogP contribution in [-0.4, -0.2) is 34.3 Å². The summed E-state index contributed by atoms with van der Waals surface area (Å²) < 4.78 is 25.0. The first kappa shape index (κ1) is 13.6. The minimum atomic E-state index is -3.28. The maximum atomic E-state index is 11.6. The van der Waals surface area contributed by atoms with Crippen molar-refractivity contribution in [3.63, 3.8) is 0 Å². The third kappa shape index (κ3) is 2.25. The van der Waals surface area contributed by atoms with Crippen LogP contribution in [0.25, 0.3) is 22.4 Å². The molecule has 1 aromatic carbocycles. The molecule has 1 N–H and O–H groups in total. The van der Waals surface area contributed by atoms with Crippen molar-refractivity contribution in [1.82, 2.24) is 14.5 Å². The Morgan fingerprint density at radius 2 is 2.00 bits per heavy atom. The van der Waals surface area contributed by atoms with Crippen LogP contribution in [0.15, 0.2) is 41.6 Å². The van der Waals surface area contributed by atoms with E-state index in [-0.39, 0.29) is 10.6 Å². The lowest BCUT2D eigenvalue weighted by atomic mass is 10.2. The molecule has 0 saturated heterocycles. The number of aromatic hydroxyl groups is 1. The largest absolute Gasteiger partial charge is 0.506 e. The second-order valence-electron chi connectivity index (χ2n) is 4.81. The summed E-state index contributed by atoms with van der Waals surface area (Å²) in [6.07, 6.45) is 4.07. The van der Waals surface area contributed by atoms with E-state index in [2.05, 4.69) is 9.97 Å². The van der Waals surface area contributed by atoms with Gasteiger partial charge in [-0.25, -0.2) is 13.4 Å². The van der Waals surface area contributed by atoms with Crippen LogP contribution < -0.4 is 0 Å². The first-order valence-corrected chi connectivity index (χ1v) is 8.07. The Morgan fingerprint density at radius 3 is 2.67 bits per heavy atom. The van der Waals surface area contributed by atoms with Crippen molar-refractivity contribution in [1.29, 1.82) is 0 Å². The fraction of sp³-hybridized carbons (Fsp3) is 0.143. The first-order valence-electron chi connectivity index (χ1n) is 6.18. The van der Waals surface area contributed by atoms with Crippen molar-refractivity contribution in [2.45, 2.75) is 4.90 Å². The van der Waals surface area contributed by atoms with Crippen molar-refractivity contribution < 1.29 is 13.5 Å². The third-order valence-electron chi connectivity index (χ3n) is 3.32. The van der Waals surface area contributed by atoms with Gasteiger partial charge in [0.1, 0.15) is 11.6 Å². The van der Waals surface area contributed by atoms with E-state index in [4.69, 9.17) is 0 Å². The second kappa shape index (κ2) is 4.56. The number of imidazole rings is 1. The van der Waals surface area contributed by atoms with Gasteiger partial charge in [-0.15, -0.1) is 0 Å². The zero-order chi connectivity index (χ0) is 15.2. The van der Waals surface area contributed by atoms with Gasteiger partial charge in [0.15, 0.2) is 9.84 Å². The van der Waals surface area contributed by atoms with Crippen molar-refractivity contribution in [3.05, 3.63) is 36.7 Å². The molecule has 3 aromatic rings. The molecule has 7 heteroatoms. The first-order chi connectivity index (χ1) is 9.88. The van der Waals surface area contributed by atoms with E-state index in [0.29, 0.717) is 16.9 Å². The number of aryl methyl sites for hydroxylation is 1. The average molecular weight is 303 g/mol. The Labute approximate surface area is 121 Å². The number of fused-ring (bicyclic) bond motifs is 1. The predicted octanol–water partition coefficient (Wildman–Crippen LogP) is 1.74. The lowest BCUT2D eigenvalue weighted by molar-refractivity contribution is 0.474. The van der Waals surface area contributed by atoms with Gasteiger partial charge in [-0.2, -0.15) is 0 Å². The number of rotatable bonds is 2. The topological polar surface area (TPSA) is 85.1 Å². The smallest absolute Gasteiger partial charge is 0.175 e. The molecule has 0 unspecified atom stereocenters. The van der Waals surface area contributed by atoms with Crippen LogP contribution in [0.5, 0.6) is 5.75 Å². The molecule has 0 spiro atoms. The van der Waals surface area contributed by atoms with Gasteiger partial charge in [-0.3, -0.25) is 4.98 Å². The van der Waals surface area contributed by atoms with E-state index in [0.717, 1.165) is 11.8 Å². The summed E-state index contributed by atoms with van der Waals surface area (Å²) in [5, 5.41) is 9.89. The quantitative estimate of drug-likeness (QED) is 0.779. The monoisotopic (exact) mass is 303 g/mol. The highest BCUT2D eigenvalue weighted by Crippen LogP contribution is 2.30. The molecule has 0 aliphatic heterocycles. The van der Waals surface area contributed by atoms with Gasteiger partial charge in [0.25, 0.3) is 0 Å². The van der Waals surface area contributed by atoms with Gasteiger partial charge in [0.2, 0.25) is 0 Å². The van der Waals surface area contributed by atoms with E-state index in [9.17, 15) is 13.5 Å². The molecule has 3 rings (SSSR count). The molecule has 0 saturated carbocycles. The molecular formula is C14H13N3O3S. The lowest BCUT2D eigenvalue weighted by Gasteiger charge is -2.04. The summed E-state index contributed by atoms with van der Waals surface area (Å²) in [6.45, 7) is 0. The number of pyridine rings is 1. The van der Waals surface area contributed by atoms with E-state index < -0.39 is 9.84 Å². The van der Waals surface area contributed by atoms with E-state index in [1.165, 1.54) is 12.3 Å². The summed E-state index contributed by atoms with van der Waals surface area (Å²) in [6, 6.07) is 6.45. The second-order valence-corrected chi connectivity index (χ2v) is 6.83. The number of hydrogen-bond donors (Lipinski definition) is 1. The molecule has 0 amide bonds. The van der Waals surface area contributed by atoms with Crippen LogP contribution in [0.4, 0.5) is 0 Å². The van der Waals surface area contributed by atoms with Crippen LogP contribution in [0.1, 0.15) is 0 Å². The summed E-state index contributed by atoms with van der Waals surface area (Å²) >= 11 is 0. The van der Waals surface area contributed by atoms with Crippen molar-refractivity contribution >= 4 is 20.9 Å². The molecule has 0 fully saturated rings. The number of nitrogens with zero attached hydrogens (tertiary/aromatic N) is 3. The third-order valence-corrected chi connectivity index (χ3v) is 4.43. The van der Waals surface area contributed by atoms with Gasteiger partial charge < -0.3 is 9.67 Å². The van der Waals surface area contributed by atoms with Gasteiger partial charge in [-0.1, -0.05) is 0 Å². The zero-order valence-electron chi connectivity index (χ0n) is 11.5. The highest BCUT2D eigenvalue weighted by molar-refractivity contribution is 7.90. The Morgan fingerprint density at radius 1 is 1.24 bits per heavy atom. The van der Waals surface area contributed by atoms with Gasteiger partial charge in [0, 0.05) is 19.5 Å². The average Bonchev–Trinajstić information content (AvgIpc) is 2.75. The highest BCUT2D eigenvalue weighted by atomic mass is 32.2. The summed E-state index contributed by atoms with van der Waals surface area (Å²) in [7, 11) is -1.47. The number of hydrogen-bond acceptors (Lipinski definition) is 5. The zero-order valence-corrected chi connectivity index (χ0v) is 12.3. The Kier molecular flexibility index (Phi) is 2.94. The van der Waals surface area contributed by atoms with E-state index in [1.54, 1.807) is 29.0 Å². The minimum Gasteiger partial charge on any atom is -0.506 e. The molecule has 108 valence electrons.